The molecule has 0 saturated carbocycles. The third-order valence-electron chi connectivity index (χ3n) is 2.56. The van der Waals surface area contributed by atoms with E-state index in [1.165, 1.54) is 26.4 Å². The Hall–Kier alpha value is -1.31. The van der Waals surface area contributed by atoms with Gasteiger partial charge in [0.1, 0.15) is 11.5 Å². The van der Waals surface area contributed by atoms with E-state index in [-0.39, 0.29) is 4.90 Å². The summed E-state index contributed by atoms with van der Waals surface area (Å²) in [5.74, 6) is 0.864. The van der Waals surface area contributed by atoms with Gasteiger partial charge in [-0.25, -0.2) is 13.1 Å². The van der Waals surface area contributed by atoms with Crippen LogP contribution >= 0.6 is 0 Å². The number of methoxy groups -OCH3 is 2. The largest absolute Gasteiger partial charge is 0.497 e. The van der Waals surface area contributed by atoms with Crippen molar-refractivity contribution >= 4 is 10.0 Å². The van der Waals surface area contributed by atoms with Crippen molar-refractivity contribution < 1.29 is 17.9 Å². The van der Waals surface area contributed by atoms with Gasteiger partial charge in [-0.15, -0.1) is 0 Å². The van der Waals surface area contributed by atoms with Gasteiger partial charge in [0.25, 0.3) is 0 Å². The van der Waals surface area contributed by atoms with E-state index in [2.05, 4.69) is 4.72 Å². The zero-order valence-corrected chi connectivity index (χ0v) is 12.0. The molecule has 0 aromatic heterocycles. The monoisotopic (exact) mass is 288 g/mol. The number of benzene rings is 1. The van der Waals surface area contributed by atoms with Crippen molar-refractivity contribution in [3.63, 3.8) is 0 Å². The van der Waals surface area contributed by atoms with Gasteiger partial charge in [-0.05, 0) is 19.4 Å². The molecule has 0 aliphatic heterocycles. The number of hydrogen-bond acceptors (Lipinski definition) is 5. The summed E-state index contributed by atoms with van der Waals surface area (Å²) in [6.45, 7) is 0.910. The van der Waals surface area contributed by atoms with Crippen LogP contribution in [0.3, 0.4) is 0 Å². The average Bonchev–Trinajstić information content (AvgIpc) is 2.43. The first-order valence-electron chi connectivity index (χ1n) is 5.96. The second-order valence-corrected chi connectivity index (χ2v) is 5.71. The molecule has 1 aromatic carbocycles. The third-order valence-corrected chi connectivity index (χ3v) is 4.00. The van der Waals surface area contributed by atoms with Gasteiger partial charge in [0.15, 0.2) is 0 Å². The summed E-state index contributed by atoms with van der Waals surface area (Å²) in [5.41, 5.74) is 5.35. The van der Waals surface area contributed by atoms with Crippen molar-refractivity contribution in [1.29, 1.82) is 0 Å². The zero-order valence-electron chi connectivity index (χ0n) is 11.2. The molecule has 0 amide bonds. The number of hydrogen-bond donors (Lipinski definition) is 2. The predicted molar refractivity (Wildman–Crippen MR) is 73.0 cm³/mol. The van der Waals surface area contributed by atoms with E-state index >= 15 is 0 Å². The molecular formula is C12H20N2O4S. The van der Waals surface area contributed by atoms with Crippen LogP contribution in [0.25, 0.3) is 0 Å². The first-order valence-corrected chi connectivity index (χ1v) is 7.44. The van der Waals surface area contributed by atoms with Crippen LogP contribution in [0.5, 0.6) is 11.5 Å². The maximum atomic E-state index is 12.1. The van der Waals surface area contributed by atoms with Crippen LogP contribution in [0.15, 0.2) is 23.1 Å². The van der Waals surface area contributed by atoms with Crippen molar-refractivity contribution in [2.45, 2.75) is 17.7 Å². The molecule has 0 fully saturated rings. The normalized spacial score (nSPS) is 11.3. The van der Waals surface area contributed by atoms with Crippen LogP contribution in [-0.4, -0.2) is 35.7 Å². The second-order valence-electron chi connectivity index (χ2n) is 3.94. The minimum atomic E-state index is -3.56. The SMILES string of the molecule is COc1cc(OC)cc(S(=O)(=O)NCCCCN)c1. The van der Waals surface area contributed by atoms with Crippen molar-refractivity contribution in [3.05, 3.63) is 18.2 Å². The van der Waals surface area contributed by atoms with Gasteiger partial charge in [0, 0.05) is 24.7 Å². The number of rotatable bonds is 8. The Labute approximate surface area is 113 Å². The van der Waals surface area contributed by atoms with Crippen molar-refractivity contribution in [2.75, 3.05) is 27.3 Å². The maximum absolute atomic E-state index is 12.1. The van der Waals surface area contributed by atoms with Crippen molar-refractivity contribution in [3.8, 4) is 11.5 Å². The lowest BCUT2D eigenvalue weighted by Crippen LogP contribution is -2.25. The minimum absolute atomic E-state index is 0.122. The van der Waals surface area contributed by atoms with Gasteiger partial charge in [0.05, 0.1) is 19.1 Å². The fraction of sp³-hybridized carbons (Fsp3) is 0.500. The number of nitrogens with two attached hydrogens (primary N) is 1. The van der Waals surface area contributed by atoms with Crippen LogP contribution in [0.2, 0.25) is 0 Å². The van der Waals surface area contributed by atoms with E-state index in [0.29, 0.717) is 31.0 Å². The standard InChI is InChI=1S/C12H20N2O4S/c1-17-10-7-11(18-2)9-12(8-10)19(15,16)14-6-4-3-5-13/h7-9,14H,3-6,13H2,1-2H3. The lowest BCUT2D eigenvalue weighted by molar-refractivity contribution is 0.392. The van der Waals surface area contributed by atoms with Gasteiger partial charge in [0.2, 0.25) is 10.0 Å². The zero-order chi connectivity index (χ0) is 14.3. The Bertz CT molecular complexity index is 480. The topological polar surface area (TPSA) is 90.6 Å². The Morgan fingerprint density at radius 1 is 1.11 bits per heavy atom. The quantitative estimate of drug-likeness (QED) is 0.688. The van der Waals surface area contributed by atoms with Crippen LogP contribution < -0.4 is 19.9 Å². The molecule has 1 rings (SSSR count). The van der Waals surface area contributed by atoms with Crippen LogP contribution in [-0.2, 0) is 10.0 Å². The van der Waals surface area contributed by atoms with E-state index in [0.717, 1.165) is 6.42 Å². The molecule has 0 unspecified atom stereocenters. The van der Waals surface area contributed by atoms with Crippen LogP contribution in [0, 0.1) is 0 Å². The summed E-state index contributed by atoms with van der Waals surface area (Å²) in [6.07, 6.45) is 1.49. The third kappa shape index (κ3) is 4.70. The Balaban J connectivity index is 2.87. The molecule has 1 aromatic rings. The van der Waals surface area contributed by atoms with E-state index in [1.54, 1.807) is 6.07 Å². The highest BCUT2D eigenvalue weighted by atomic mass is 32.2. The molecule has 3 N–H and O–H groups in total. The molecule has 0 aliphatic carbocycles. The summed E-state index contributed by atoms with van der Waals surface area (Å²) in [4.78, 5) is 0.122. The predicted octanol–water partition coefficient (Wildman–Crippen LogP) is 0.721. The fourth-order valence-corrected chi connectivity index (χ4v) is 2.62. The molecule has 0 atom stereocenters. The lowest BCUT2D eigenvalue weighted by atomic mass is 10.3. The molecule has 0 spiro atoms. The summed E-state index contributed by atoms with van der Waals surface area (Å²) in [5, 5.41) is 0. The average molecular weight is 288 g/mol. The summed E-state index contributed by atoms with van der Waals surface area (Å²) < 4.78 is 36.8. The Kier molecular flexibility index (Phi) is 6.07. The van der Waals surface area contributed by atoms with E-state index in [1.807, 2.05) is 0 Å². The van der Waals surface area contributed by atoms with Crippen LogP contribution in [0.1, 0.15) is 12.8 Å². The second kappa shape index (κ2) is 7.32. The Morgan fingerprint density at radius 3 is 2.16 bits per heavy atom. The number of unbranched alkanes of at least 4 members (excludes halogenated alkanes) is 1. The highest BCUT2D eigenvalue weighted by Crippen LogP contribution is 2.25. The smallest absolute Gasteiger partial charge is 0.240 e. The highest BCUT2D eigenvalue weighted by molar-refractivity contribution is 7.89. The van der Waals surface area contributed by atoms with E-state index in [9.17, 15) is 8.42 Å². The summed E-state index contributed by atoms with van der Waals surface area (Å²) in [7, 11) is -0.613. The summed E-state index contributed by atoms with van der Waals surface area (Å²) in [6, 6.07) is 4.52. The molecule has 0 bridgehead atoms. The van der Waals surface area contributed by atoms with Gasteiger partial charge in [-0.1, -0.05) is 0 Å². The number of ether oxygens (including phenoxy) is 2. The van der Waals surface area contributed by atoms with Gasteiger partial charge in [-0.2, -0.15) is 0 Å². The van der Waals surface area contributed by atoms with Crippen molar-refractivity contribution in [2.24, 2.45) is 5.73 Å². The van der Waals surface area contributed by atoms with Gasteiger partial charge in [-0.3, -0.25) is 0 Å². The molecule has 6 nitrogen and oxygen atoms in total. The molecule has 0 heterocycles. The number of nitrogens with one attached hydrogen (secondary N) is 1. The first kappa shape index (κ1) is 15.7. The molecule has 108 valence electrons. The van der Waals surface area contributed by atoms with E-state index in [4.69, 9.17) is 15.2 Å². The number of sulfonamides is 1. The molecule has 0 radical (unpaired) electrons. The first-order chi connectivity index (χ1) is 9.03. The fourth-order valence-electron chi connectivity index (χ4n) is 1.50. The molecular weight excluding hydrogens is 268 g/mol. The maximum Gasteiger partial charge on any atom is 0.240 e. The molecule has 7 heteroatoms. The van der Waals surface area contributed by atoms with Gasteiger partial charge < -0.3 is 15.2 Å². The van der Waals surface area contributed by atoms with Crippen molar-refractivity contribution in [1.82, 2.24) is 4.72 Å². The van der Waals surface area contributed by atoms with E-state index < -0.39 is 10.0 Å². The van der Waals surface area contributed by atoms with Gasteiger partial charge >= 0.3 is 0 Å². The molecule has 0 aliphatic rings. The lowest BCUT2D eigenvalue weighted by Gasteiger charge is -2.10. The summed E-state index contributed by atoms with van der Waals surface area (Å²) >= 11 is 0. The molecule has 19 heavy (non-hydrogen) atoms. The Morgan fingerprint density at radius 2 is 1.68 bits per heavy atom. The minimum Gasteiger partial charge on any atom is -0.497 e. The van der Waals surface area contributed by atoms with Crippen LogP contribution in [0.4, 0.5) is 0 Å². The molecule has 0 saturated heterocycles. The highest BCUT2D eigenvalue weighted by Gasteiger charge is 2.16.